The Labute approximate surface area is 103 Å². The Hall–Kier alpha value is -1.79. The third kappa shape index (κ3) is 4.71. The lowest BCUT2D eigenvalue weighted by molar-refractivity contribution is -0.138. The lowest BCUT2D eigenvalue weighted by Crippen LogP contribution is -2.09. The molecule has 1 aromatic rings. The van der Waals surface area contributed by atoms with Crippen molar-refractivity contribution >= 4 is 5.97 Å². The summed E-state index contributed by atoms with van der Waals surface area (Å²) in [5.41, 5.74) is 5.72. The topological polar surface area (TPSA) is 26.3 Å². The first-order valence-electron chi connectivity index (χ1n) is 5.77. The van der Waals surface area contributed by atoms with Crippen LogP contribution in [0.5, 0.6) is 0 Å². The highest BCUT2D eigenvalue weighted by molar-refractivity contribution is 5.88. The summed E-state index contributed by atoms with van der Waals surface area (Å²) in [4.78, 5) is 11.7. The summed E-state index contributed by atoms with van der Waals surface area (Å²) in [6.45, 7) is 6.04. The Balaban J connectivity index is 2.94. The molecule has 2 nitrogen and oxygen atoms in total. The third-order valence-corrected chi connectivity index (χ3v) is 2.15. The molecule has 17 heavy (non-hydrogen) atoms. The zero-order chi connectivity index (χ0) is 12.7. The lowest BCUT2D eigenvalue weighted by Gasteiger charge is -2.05. The van der Waals surface area contributed by atoms with Crippen LogP contribution in [0.15, 0.2) is 47.2 Å². The Morgan fingerprint density at radius 1 is 1.24 bits per heavy atom. The minimum Gasteiger partial charge on any atom is -0.462 e. The maximum absolute atomic E-state index is 11.7. The number of carbonyl (C=O) groups is 1. The van der Waals surface area contributed by atoms with Crippen molar-refractivity contribution in [1.29, 1.82) is 0 Å². The average molecular weight is 230 g/mol. The van der Waals surface area contributed by atoms with Gasteiger partial charge in [0.2, 0.25) is 0 Å². The SMILES string of the molecule is CCOC(=O)C(=C=C(C)C)Cc1ccccc1. The fourth-order valence-corrected chi connectivity index (χ4v) is 1.49. The van der Waals surface area contributed by atoms with E-state index in [9.17, 15) is 4.79 Å². The monoisotopic (exact) mass is 230 g/mol. The molecule has 0 saturated heterocycles. The van der Waals surface area contributed by atoms with E-state index in [1.54, 1.807) is 6.92 Å². The summed E-state index contributed by atoms with van der Waals surface area (Å²) in [6.07, 6.45) is 0.560. The Bertz CT molecular complexity index is 433. The highest BCUT2D eigenvalue weighted by Crippen LogP contribution is 2.09. The molecular weight excluding hydrogens is 212 g/mol. The highest BCUT2D eigenvalue weighted by atomic mass is 16.5. The molecule has 0 unspecified atom stereocenters. The molecule has 0 aromatic heterocycles. The van der Waals surface area contributed by atoms with Gasteiger partial charge in [0.15, 0.2) is 0 Å². The van der Waals surface area contributed by atoms with Gasteiger partial charge in [0.25, 0.3) is 0 Å². The van der Waals surface area contributed by atoms with Crippen LogP contribution in [0.25, 0.3) is 0 Å². The van der Waals surface area contributed by atoms with Crippen molar-refractivity contribution in [3.05, 3.63) is 52.8 Å². The quantitative estimate of drug-likeness (QED) is 0.451. The third-order valence-electron chi connectivity index (χ3n) is 2.15. The van der Waals surface area contributed by atoms with E-state index in [-0.39, 0.29) is 5.97 Å². The molecule has 0 bridgehead atoms. The molecule has 0 aliphatic heterocycles. The predicted molar refractivity (Wildman–Crippen MR) is 68.7 cm³/mol. The average Bonchev–Trinajstić information content (AvgIpc) is 2.29. The molecule has 0 amide bonds. The number of benzene rings is 1. The molecule has 0 saturated carbocycles. The number of hydrogen-bond donors (Lipinski definition) is 0. The van der Waals surface area contributed by atoms with Gasteiger partial charge in [-0.25, -0.2) is 4.79 Å². The number of carbonyl (C=O) groups excluding carboxylic acids is 1. The van der Waals surface area contributed by atoms with Crippen LogP contribution >= 0.6 is 0 Å². The molecule has 1 aromatic carbocycles. The fraction of sp³-hybridized carbons (Fsp3) is 0.333. The van der Waals surface area contributed by atoms with Crippen molar-refractivity contribution in [3.8, 4) is 0 Å². The maximum atomic E-state index is 11.7. The minimum atomic E-state index is -0.280. The second-order valence-electron chi connectivity index (χ2n) is 3.99. The smallest absolute Gasteiger partial charge is 0.342 e. The van der Waals surface area contributed by atoms with E-state index < -0.39 is 0 Å². The van der Waals surface area contributed by atoms with Crippen LogP contribution < -0.4 is 0 Å². The van der Waals surface area contributed by atoms with E-state index in [2.05, 4.69) is 5.73 Å². The van der Waals surface area contributed by atoms with E-state index in [4.69, 9.17) is 4.74 Å². The van der Waals surface area contributed by atoms with Gasteiger partial charge in [-0.2, -0.15) is 0 Å². The van der Waals surface area contributed by atoms with E-state index in [0.717, 1.165) is 11.1 Å². The molecule has 90 valence electrons. The summed E-state index contributed by atoms with van der Waals surface area (Å²) in [6, 6.07) is 9.86. The summed E-state index contributed by atoms with van der Waals surface area (Å²) in [7, 11) is 0. The normalized spacial score (nSPS) is 9.35. The van der Waals surface area contributed by atoms with Gasteiger partial charge in [-0.3, -0.25) is 0 Å². The summed E-state index contributed by atoms with van der Waals surface area (Å²) >= 11 is 0. The molecule has 0 spiro atoms. The predicted octanol–water partition coefficient (Wildman–Crippen LogP) is 3.28. The van der Waals surface area contributed by atoms with Gasteiger partial charge >= 0.3 is 5.97 Å². The first kappa shape index (κ1) is 13.3. The maximum Gasteiger partial charge on any atom is 0.342 e. The van der Waals surface area contributed by atoms with E-state index in [1.165, 1.54) is 0 Å². The Morgan fingerprint density at radius 2 is 1.88 bits per heavy atom. The second-order valence-corrected chi connectivity index (χ2v) is 3.99. The largest absolute Gasteiger partial charge is 0.462 e. The number of rotatable bonds is 4. The van der Waals surface area contributed by atoms with Crippen LogP contribution in [0.1, 0.15) is 26.3 Å². The minimum absolute atomic E-state index is 0.280. The van der Waals surface area contributed by atoms with Gasteiger partial charge in [0.1, 0.15) is 0 Å². The number of hydrogen-bond acceptors (Lipinski definition) is 2. The first-order chi connectivity index (χ1) is 8.13. The van der Waals surface area contributed by atoms with Crippen LogP contribution in [0.4, 0.5) is 0 Å². The van der Waals surface area contributed by atoms with Crippen molar-refractivity contribution in [2.75, 3.05) is 6.61 Å². The van der Waals surface area contributed by atoms with Crippen LogP contribution in [-0.2, 0) is 16.0 Å². The molecule has 1 rings (SSSR count). The standard InChI is InChI=1S/C15H18O2/c1-4-17-15(16)14(10-12(2)3)11-13-8-6-5-7-9-13/h5-9H,4,11H2,1-3H3. The van der Waals surface area contributed by atoms with Crippen LogP contribution in [0.2, 0.25) is 0 Å². The Kier molecular flexibility index (Phi) is 5.25. The molecule has 0 aliphatic rings. The summed E-state index contributed by atoms with van der Waals surface area (Å²) < 4.78 is 5.03. The van der Waals surface area contributed by atoms with Crippen molar-refractivity contribution in [2.45, 2.75) is 27.2 Å². The number of ether oxygens (including phenoxy) is 1. The summed E-state index contributed by atoms with van der Waals surface area (Å²) in [5, 5.41) is 0. The highest BCUT2D eigenvalue weighted by Gasteiger charge is 2.10. The Morgan fingerprint density at radius 3 is 2.41 bits per heavy atom. The molecule has 0 fully saturated rings. The van der Waals surface area contributed by atoms with Gasteiger partial charge in [-0.05, 0) is 31.9 Å². The molecule has 0 heterocycles. The molecular formula is C15H18O2. The molecule has 0 aliphatic carbocycles. The molecule has 0 radical (unpaired) electrons. The van der Waals surface area contributed by atoms with Gasteiger partial charge in [-0.15, -0.1) is 5.73 Å². The van der Waals surface area contributed by atoms with E-state index >= 15 is 0 Å². The van der Waals surface area contributed by atoms with Crippen LogP contribution in [0, 0.1) is 0 Å². The van der Waals surface area contributed by atoms with E-state index in [1.807, 2.05) is 44.2 Å². The van der Waals surface area contributed by atoms with Gasteiger partial charge in [0, 0.05) is 6.42 Å². The van der Waals surface area contributed by atoms with Crippen molar-refractivity contribution in [3.63, 3.8) is 0 Å². The zero-order valence-electron chi connectivity index (χ0n) is 10.6. The van der Waals surface area contributed by atoms with Crippen molar-refractivity contribution < 1.29 is 9.53 Å². The van der Waals surface area contributed by atoms with Crippen LogP contribution in [-0.4, -0.2) is 12.6 Å². The van der Waals surface area contributed by atoms with Crippen molar-refractivity contribution in [2.24, 2.45) is 0 Å². The van der Waals surface area contributed by atoms with Gasteiger partial charge < -0.3 is 4.74 Å². The molecule has 0 N–H and O–H groups in total. The lowest BCUT2D eigenvalue weighted by atomic mass is 10.1. The van der Waals surface area contributed by atoms with Crippen LogP contribution in [0.3, 0.4) is 0 Å². The molecule has 0 atom stereocenters. The summed E-state index contributed by atoms with van der Waals surface area (Å²) in [5.74, 6) is -0.280. The fourth-order valence-electron chi connectivity index (χ4n) is 1.49. The zero-order valence-corrected chi connectivity index (χ0v) is 10.6. The number of esters is 1. The first-order valence-corrected chi connectivity index (χ1v) is 5.77. The van der Waals surface area contributed by atoms with Gasteiger partial charge in [-0.1, -0.05) is 30.3 Å². The van der Waals surface area contributed by atoms with E-state index in [0.29, 0.717) is 18.6 Å². The van der Waals surface area contributed by atoms with Crippen molar-refractivity contribution in [1.82, 2.24) is 0 Å². The molecule has 2 heteroatoms. The van der Waals surface area contributed by atoms with Gasteiger partial charge in [0.05, 0.1) is 12.2 Å². The second kappa shape index (κ2) is 6.72.